The Morgan fingerprint density at radius 1 is 1.09 bits per heavy atom. The number of likely N-dealkylation sites (tertiary alicyclic amines) is 1. The molecule has 3 aliphatic carbocycles. The van der Waals surface area contributed by atoms with E-state index in [9.17, 15) is 24.3 Å². The minimum absolute atomic E-state index is 0.0195. The van der Waals surface area contributed by atoms with Gasteiger partial charge in [0.2, 0.25) is 11.8 Å². The number of carboxylic acids is 1. The summed E-state index contributed by atoms with van der Waals surface area (Å²) in [4.78, 5) is 65.6. The Bertz CT molecular complexity index is 2140. The summed E-state index contributed by atoms with van der Waals surface area (Å²) in [5.41, 5.74) is -0.909. The molecule has 4 aliphatic rings. The molecule has 3 amide bonds. The first-order chi connectivity index (χ1) is 27.5. The van der Waals surface area contributed by atoms with Gasteiger partial charge in [-0.1, -0.05) is 45.7 Å². The number of fused-ring (bicyclic) bond motifs is 2. The number of nitrogens with one attached hydrogen (secondary N) is 3. The molecule has 1 saturated heterocycles. The zero-order valence-corrected chi connectivity index (χ0v) is 35.0. The van der Waals surface area contributed by atoms with Crippen LogP contribution in [0.4, 0.5) is 9.93 Å². The normalized spacial score (nSPS) is 26.4. The lowest BCUT2D eigenvalue weighted by Crippen LogP contribution is -2.59. The number of ether oxygens (including phenoxy) is 3. The highest BCUT2D eigenvalue weighted by molar-refractivity contribution is 7.14. The third-order valence-electron chi connectivity index (χ3n) is 11.6. The maximum atomic E-state index is 14.7. The number of amides is 3. The summed E-state index contributed by atoms with van der Waals surface area (Å²) in [6, 6.07) is 4.92. The summed E-state index contributed by atoms with van der Waals surface area (Å²) in [6.07, 6.45) is 1.99. The molecular weight excluding hydrogens is 786 g/mol. The highest BCUT2D eigenvalue weighted by Crippen LogP contribution is 2.52. The minimum Gasteiger partial charge on any atom is -0.488 e. The topological polar surface area (TPSA) is 205 Å². The molecule has 1 aromatic carbocycles. The van der Waals surface area contributed by atoms with E-state index in [1.54, 1.807) is 18.2 Å². The zero-order valence-electron chi connectivity index (χ0n) is 33.5. The summed E-state index contributed by atoms with van der Waals surface area (Å²) in [6.45, 7) is 11.0. The molecule has 0 unspecified atom stereocenters. The fourth-order valence-electron chi connectivity index (χ4n) is 8.39. The lowest BCUT2D eigenvalue weighted by molar-refractivity contribution is -0.146. The monoisotopic (exact) mass is 835 g/mol. The van der Waals surface area contributed by atoms with Crippen LogP contribution in [0.5, 0.6) is 11.5 Å². The Morgan fingerprint density at radius 2 is 1.83 bits per heavy atom. The number of hydrogen-bond acceptors (Lipinski definition) is 12. The van der Waals surface area contributed by atoms with E-state index >= 15 is 0 Å². The number of nitriles is 1. The summed E-state index contributed by atoms with van der Waals surface area (Å²) in [5.74, 6) is -0.729. The second-order valence-corrected chi connectivity index (χ2v) is 18.6. The summed E-state index contributed by atoms with van der Waals surface area (Å²) >= 11 is 8.25. The van der Waals surface area contributed by atoms with Gasteiger partial charge in [0.25, 0.3) is 0 Å². The predicted octanol–water partition coefficient (Wildman–Crippen LogP) is 6.39. The Balaban J connectivity index is 1.21. The van der Waals surface area contributed by atoms with E-state index < -0.39 is 53.0 Å². The largest absolute Gasteiger partial charge is 0.488 e. The average Bonchev–Trinajstić information content (AvgIpc) is 3.83. The first-order valence-corrected chi connectivity index (χ1v) is 21.1. The van der Waals surface area contributed by atoms with Crippen molar-refractivity contribution in [1.29, 1.82) is 5.26 Å². The van der Waals surface area contributed by atoms with Crippen molar-refractivity contribution in [2.24, 2.45) is 23.2 Å². The molecule has 4 fully saturated rings. The van der Waals surface area contributed by atoms with Crippen molar-refractivity contribution in [2.45, 2.75) is 116 Å². The number of pyridine rings is 1. The number of nitrogens with zero attached hydrogens (tertiary/aromatic N) is 4. The van der Waals surface area contributed by atoms with Gasteiger partial charge >= 0.3 is 12.1 Å². The van der Waals surface area contributed by atoms with Gasteiger partial charge < -0.3 is 40.2 Å². The number of aliphatic carboxylic acids is 1. The molecule has 0 spiro atoms. The lowest BCUT2D eigenvalue weighted by atomic mass is 9.85. The highest BCUT2D eigenvalue weighted by atomic mass is 35.5. The molecule has 15 nitrogen and oxygen atoms in total. The number of anilines is 1. The van der Waals surface area contributed by atoms with Gasteiger partial charge in [0, 0.05) is 29.3 Å². The Labute approximate surface area is 346 Å². The molecule has 3 saturated carbocycles. The van der Waals surface area contributed by atoms with E-state index in [0.717, 1.165) is 19.3 Å². The molecule has 0 bridgehead atoms. The van der Waals surface area contributed by atoms with Crippen molar-refractivity contribution in [1.82, 2.24) is 25.5 Å². The van der Waals surface area contributed by atoms with Crippen LogP contribution in [-0.2, 0) is 19.1 Å². The number of halogens is 1. The molecule has 8 atom stereocenters. The second kappa shape index (κ2) is 16.1. The third kappa shape index (κ3) is 8.47. The smallest absolute Gasteiger partial charge is 0.408 e. The van der Waals surface area contributed by atoms with E-state index in [0.29, 0.717) is 51.4 Å². The molecule has 2 aromatic heterocycles. The van der Waals surface area contributed by atoms with Gasteiger partial charge in [-0.2, -0.15) is 5.26 Å². The Hall–Kier alpha value is -4.88. The van der Waals surface area contributed by atoms with Crippen molar-refractivity contribution < 1.29 is 38.5 Å². The first kappa shape index (κ1) is 41.3. The van der Waals surface area contributed by atoms with Crippen molar-refractivity contribution in [3.05, 3.63) is 28.6 Å². The van der Waals surface area contributed by atoms with Gasteiger partial charge in [-0.3, -0.25) is 9.59 Å². The third-order valence-corrected chi connectivity index (χ3v) is 12.8. The molecule has 3 aromatic rings. The highest BCUT2D eigenvalue weighted by Gasteiger charge is 2.61. The number of alkyl carbamates (subject to hydrolysis) is 1. The molecule has 1 aliphatic heterocycles. The molecule has 58 heavy (non-hydrogen) atoms. The van der Waals surface area contributed by atoms with E-state index in [2.05, 4.69) is 16.0 Å². The summed E-state index contributed by atoms with van der Waals surface area (Å²) < 4.78 is 18.0. The fourth-order valence-corrected chi connectivity index (χ4v) is 9.50. The Kier molecular flexibility index (Phi) is 11.4. The van der Waals surface area contributed by atoms with E-state index in [4.69, 9.17) is 41.0 Å². The van der Waals surface area contributed by atoms with Crippen LogP contribution in [0.25, 0.3) is 22.3 Å². The minimum atomic E-state index is -1.43. The van der Waals surface area contributed by atoms with Gasteiger partial charge in [-0.05, 0) is 74.8 Å². The number of carbonyl (C=O) groups is 4. The molecule has 310 valence electrons. The van der Waals surface area contributed by atoms with Crippen LogP contribution in [0.3, 0.4) is 0 Å². The molecule has 7 rings (SSSR count). The van der Waals surface area contributed by atoms with Gasteiger partial charge in [0.05, 0.1) is 17.8 Å². The maximum absolute atomic E-state index is 14.7. The van der Waals surface area contributed by atoms with Gasteiger partial charge in [0.15, 0.2) is 11.7 Å². The van der Waals surface area contributed by atoms with Crippen molar-refractivity contribution >= 4 is 62.8 Å². The van der Waals surface area contributed by atoms with Crippen molar-refractivity contribution in [3.8, 4) is 29.0 Å². The molecule has 4 N–H and O–H groups in total. The molecule has 17 heteroatoms. The predicted molar refractivity (Wildman–Crippen MR) is 217 cm³/mol. The number of carbonyl (C=O) groups excluding carboxylic acids is 3. The molecule has 3 heterocycles. The van der Waals surface area contributed by atoms with Crippen LogP contribution >= 0.6 is 22.9 Å². The fraction of sp³-hybridized carbons (Fsp3) is 0.585. The number of rotatable bonds is 14. The first-order valence-electron chi connectivity index (χ1n) is 19.9. The van der Waals surface area contributed by atoms with Crippen molar-refractivity contribution in [2.75, 3.05) is 18.5 Å². The van der Waals surface area contributed by atoms with Crippen LogP contribution in [0.1, 0.15) is 80.1 Å². The summed E-state index contributed by atoms with van der Waals surface area (Å²) in [7, 11) is 0. The van der Waals surface area contributed by atoms with Crippen LogP contribution in [0.15, 0.2) is 23.6 Å². The summed E-state index contributed by atoms with van der Waals surface area (Å²) in [5, 5.41) is 31.4. The van der Waals surface area contributed by atoms with Gasteiger partial charge in [0.1, 0.15) is 58.1 Å². The number of aromatic nitrogens is 2. The van der Waals surface area contributed by atoms with Crippen LogP contribution in [-0.4, -0.2) is 92.9 Å². The number of hydrogen-bond donors (Lipinski definition) is 4. The lowest BCUT2D eigenvalue weighted by Gasteiger charge is -2.35. The van der Waals surface area contributed by atoms with Crippen molar-refractivity contribution in [3.63, 3.8) is 0 Å². The van der Waals surface area contributed by atoms with Gasteiger partial charge in [-0.25, -0.2) is 19.6 Å². The quantitative estimate of drug-likeness (QED) is 0.139. The van der Waals surface area contributed by atoms with Gasteiger partial charge in [-0.15, -0.1) is 11.3 Å². The standard InChI is InChI=1S/C41H50ClN7O8S/c1-7-23-17-41(23,37(52)53)48-35(50)29-15-25(18-49(29)36(51)34(40(4,5)6)47-39(54)57-24-13-21-12-22(21)14-24)56-31-16-27(28-19-58-38(46-28)44-20(2)3)45-33-26(31)8-9-30(32(33)42)55-11-10-43/h8-9,16,19-25,29,34H,7,11-15,17-18H2,1-6H3,(H,44,46)(H,47,54)(H,48,50)(H,52,53)/t21-,22+,23-,24+,25-,29+,34-,41-/m1/s1. The van der Waals surface area contributed by atoms with Crippen LogP contribution < -0.4 is 25.4 Å². The van der Waals surface area contributed by atoms with Crippen LogP contribution in [0.2, 0.25) is 5.02 Å². The SMILES string of the molecule is CC[C@@H]1C[C@]1(NC(=O)[C@@H]1C[C@@H](Oc2cc(-c3csc(NC(C)C)n3)nc3c(Cl)c(OCC#N)ccc23)CN1C(=O)[C@@H](NC(=O)O[C@@H]1C[C@@H]2C[C@@H]2C1)C(C)(C)C)C(=O)O. The van der Waals surface area contributed by atoms with E-state index in [1.807, 2.05) is 53.0 Å². The van der Waals surface area contributed by atoms with E-state index in [1.165, 1.54) is 16.2 Å². The zero-order chi connectivity index (χ0) is 41.7. The average molecular weight is 836 g/mol. The Morgan fingerprint density at radius 3 is 2.47 bits per heavy atom. The van der Waals surface area contributed by atoms with Crippen LogP contribution in [0, 0.1) is 34.5 Å². The number of thiazole rings is 1. The second-order valence-electron chi connectivity index (χ2n) is 17.3. The van der Waals surface area contributed by atoms with E-state index in [-0.39, 0.29) is 54.8 Å². The molecule has 0 radical (unpaired) electrons. The number of benzene rings is 1. The molecular formula is C41H50ClN7O8S. The number of carboxylic acid groups (broad SMARTS) is 1. The maximum Gasteiger partial charge on any atom is 0.408 e.